The Kier molecular flexibility index (Phi) is 4.45. The van der Waals surface area contributed by atoms with Crippen LogP contribution in [0.25, 0.3) is 39.3 Å². The number of fused-ring (bicyclic) bond motifs is 2. The Hall–Kier alpha value is -3.80. The lowest BCUT2D eigenvalue weighted by molar-refractivity contribution is -0.104. The van der Waals surface area contributed by atoms with E-state index in [1.807, 2.05) is 0 Å². The lowest BCUT2D eigenvalue weighted by atomic mass is 10.0. The van der Waals surface area contributed by atoms with Gasteiger partial charge in [-0.1, -0.05) is 0 Å². The van der Waals surface area contributed by atoms with Crippen LogP contribution in [0.15, 0.2) is 62.4 Å². The predicted octanol–water partition coefficient (Wildman–Crippen LogP) is 4.44. The van der Waals surface area contributed by atoms with Gasteiger partial charge in [0.15, 0.2) is 11.0 Å². The maximum absolute atomic E-state index is 13.0. The zero-order valence-electron chi connectivity index (χ0n) is 15.2. The van der Waals surface area contributed by atoms with Crippen molar-refractivity contribution in [3.63, 3.8) is 0 Å². The van der Waals surface area contributed by atoms with Gasteiger partial charge in [-0.05, 0) is 42.5 Å². The van der Waals surface area contributed by atoms with Gasteiger partial charge in [-0.2, -0.15) is 0 Å². The van der Waals surface area contributed by atoms with Crippen LogP contribution in [0.1, 0.15) is 5.56 Å². The van der Waals surface area contributed by atoms with Crippen LogP contribution in [-0.2, 0) is 4.79 Å². The third-order valence-electron chi connectivity index (χ3n) is 4.49. The summed E-state index contributed by atoms with van der Waals surface area (Å²) in [5.74, 6) is 1.45. The van der Waals surface area contributed by atoms with Crippen molar-refractivity contribution in [2.75, 3.05) is 14.2 Å². The molecular weight excluding hydrogens is 360 g/mol. The maximum Gasteiger partial charge on any atom is 0.197 e. The average molecular weight is 376 g/mol. The van der Waals surface area contributed by atoms with E-state index in [4.69, 9.17) is 18.3 Å². The molecule has 140 valence electrons. The molecule has 0 aliphatic heterocycles. The van der Waals surface area contributed by atoms with Crippen molar-refractivity contribution >= 4 is 34.3 Å². The van der Waals surface area contributed by atoms with Gasteiger partial charge in [-0.3, -0.25) is 9.59 Å². The molecule has 4 rings (SSSR count). The molecule has 0 saturated heterocycles. The Morgan fingerprint density at radius 2 is 1.79 bits per heavy atom. The van der Waals surface area contributed by atoms with E-state index in [9.17, 15) is 9.59 Å². The van der Waals surface area contributed by atoms with Crippen molar-refractivity contribution in [2.24, 2.45) is 0 Å². The largest absolute Gasteiger partial charge is 0.497 e. The molecule has 0 unspecified atom stereocenters. The Bertz CT molecular complexity index is 1260. The smallest absolute Gasteiger partial charge is 0.197 e. The van der Waals surface area contributed by atoms with Crippen molar-refractivity contribution in [2.45, 2.75) is 0 Å². The first-order valence-corrected chi connectivity index (χ1v) is 8.49. The highest BCUT2D eigenvalue weighted by molar-refractivity contribution is 6.08. The van der Waals surface area contributed by atoms with E-state index in [-0.39, 0.29) is 11.0 Å². The second kappa shape index (κ2) is 7.08. The molecule has 0 bridgehead atoms. The normalized spacial score (nSPS) is 11.4. The van der Waals surface area contributed by atoms with Crippen LogP contribution in [0.4, 0.5) is 0 Å². The maximum atomic E-state index is 13.0. The van der Waals surface area contributed by atoms with E-state index >= 15 is 0 Å². The minimum Gasteiger partial charge on any atom is -0.497 e. The van der Waals surface area contributed by atoms with Crippen LogP contribution < -0.4 is 14.9 Å². The SMILES string of the molecule is COc1ccc(-c2cc(=O)c3c(OC)c4ccoc4c(/C=C/C=O)c3o2)cc1. The van der Waals surface area contributed by atoms with Gasteiger partial charge in [-0.15, -0.1) is 0 Å². The van der Waals surface area contributed by atoms with Gasteiger partial charge in [0.1, 0.15) is 34.5 Å². The van der Waals surface area contributed by atoms with Gasteiger partial charge in [0.25, 0.3) is 0 Å². The summed E-state index contributed by atoms with van der Waals surface area (Å²) in [6.07, 6.45) is 5.03. The number of hydrogen-bond donors (Lipinski definition) is 0. The van der Waals surface area contributed by atoms with Crippen LogP contribution >= 0.6 is 0 Å². The van der Waals surface area contributed by atoms with Gasteiger partial charge < -0.3 is 18.3 Å². The second-order valence-corrected chi connectivity index (χ2v) is 6.01. The second-order valence-electron chi connectivity index (χ2n) is 6.01. The Morgan fingerprint density at radius 1 is 1.00 bits per heavy atom. The molecule has 0 radical (unpaired) electrons. The lowest BCUT2D eigenvalue weighted by Crippen LogP contribution is -2.04. The van der Waals surface area contributed by atoms with Crippen molar-refractivity contribution in [3.8, 4) is 22.8 Å². The van der Waals surface area contributed by atoms with Crippen molar-refractivity contribution in [1.29, 1.82) is 0 Å². The molecule has 2 aromatic heterocycles. The third-order valence-corrected chi connectivity index (χ3v) is 4.49. The predicted molar refractivity (Wildman–Crippen MR) is 106 cm³/mol. The summed E-state index contributed by atoms with van der Waals surface area (Å²) in [6, 6.07) is 10.3. The fourth-order valence-electron chi connectivity index (χ4n) is 3.23. The molecule has 2 heterocycles. The molecule has 0 atom stereocenters. The molecule has 28 heavy (non-hydrogen) atoms. The number of carbonyl (C=O) groups excluding carboxylic acids is 1. The topological polar surface area (TPSA) is 78.9 Å². The van der Waals surface area contributed by atoms with Crippen LogP contribution in [0, 0.1) is 0 Å². The van der Waals surface area contributed by atoms with E-state index < -0.39 is 0 Å². The average Bonchev–Trinajstić information content (AvgIpc) is 3.21. The zero-order chi connectivity index (χ0) is 19.7. The van der Waals surface area contributed by atoms with Crippen molar-refractivity contribution in [1.82, 2.24) is 0 Å². The third kappa shape index (κ3) is 2.75. The summed E-state index contributed by atoms with van der Waals surface area (Å²) in [7, 11) is 3.07. The summed E-state index contributed by atoms with van der Waals surface area (Å²) in [5, 5.41) is 0.921. The highest BCUT2D eigenvalue weighted by Gasteiger charge is 2.21. The first-order chi connectivity index (χ1) is 13.7. The molecule has 0 saturated carbocycles. The minimum absolute atomic E-state index is 0.257. The summed E-state index contributed by atoms with van der Waals surface area (Å²) in [4.78, 5) is 23.9. The molecule has 2 aromatic carbocycles. The lowest BCUT2D eigenvalue weighted by Gasteiger charge is -2.11. The van der Waals surface area contributed by atoms with E-state index in [2.05, 4.69) is 0 Å². The molecule has 0 fully saturated rings. The quantitative estimate of drug-likeness (QED) is 0.379. The first kappa shape index (κ1) is 17.6. The number of hydrogen-bond acceptors (Lipinski definition) is 6. The van der Waals surface area contributed by atoms with Crippen LogP contribution in [-0.4, -0.2) is 20.5 Å². The summed E-state index contributed by atoms with van der Waals surface area (Å²) in [6.45, 7) is 0. The Labute approximate surface area is 159 Å². The van der Waals surface area contributed by atoms with Crippen molar-refractivity contribution in [3.05, 3.63) is 64.5 Å². The number of methoxy groups -OCH3 is 2. The Morgan fingerprint density at radius 3 is 2.46 bits per heavy atom. The first-order valence-electron chi connectivity index (χ1n) is 8.49. The monoisotopic (exact) mass is 376 g/mol. The Balaban J connectivity index is 2.09. The minimum atomic E-state index is -0.257. The molecular formula is C22H16O6. The van der Waals surface area contributed by atoms with E-state index in [0.29, 0.717) is 51.0 Å². The molecule has 4 aromatic rings. The molecule has 0 aliphatic carbocycles. The number of allylic oxidation sites excluding steroid dienone is 1. The summed E-state index contributed by atoms with van der Waals surface area (Å²) < 4.78 is 22.3. The molecule has 0 amide bonds. The fourth-order valence-corrected chi connectivity index (χ4v) is 3.23. The number of rotatable bonds is 5. The number of ether oxygens (including phenoxy) is 2. The van der Waals surface area contributed by atoms with Crippen molar-refractivity contribution < 1.29 is 23.1 Å². The van der Waals surface area contributed by atoms with E-state index in [0.717, 1.165) is 0 Å². The van der Waals surface area contributed by atoms with Crippen LogP contribution in [0.2, 0.25) is 0 Å². The van der Waals surface area contributed by atoms with Gasteiger partial charge in [0.2, 0.25) is 0 Å². The highest BCUT2D eigenvalue weighted by atomic mass is 16.5. The van der Waals surface area contributed by atoms with Gasteiger partial charge in [0.05, 0.1) is 31.4 Å². The van der Waals surface area contributed by atoms with E-state index in [1.165, 1.54) is 25.5 Å². The molecule has 0 aliphatic rings. The van der Waals surface area contributed by atoms with Crippen LogP contribution in [0.3, 0.4) is 0 Å². The molecule has 0 spiro atoms. The fraction of sp³-hybridized carbons (Fsp3) is 0.0909. The highest BCUT2D eigenvalue weighted by Crippen LogP contribution is 2.39. The zero-order valence-corrected chi connectivity index (χ0v) is 15.2. The van der Waals surface area contributed by atoms with Gasteiger partial charge in [0, 0.05) is 11.6 Å². The van der Waals surface area contributed by atoms with E-state index in [1.54, 1.807) is 43.5 Å². The summed E-state index contributed by atoms with van der Waals surface area (Å²) in [5.41, 5.74) is 1.71. The standard InChI is InChI=1S/C22H16O6/c1-25-14-7-5-13(6-8-14)18-12-17(24)19-21(26-2)16-9-11-27-20(16)15(4-3-10-23)22(19)28-18/h3-12H,1-2H3/b4-3+. The van der Waals surface area contributed by atoms with Gasteiger partial charge >= 0.3 is 0 Å². The molecule has 0 N–H and O–H groups in total. The van der Waals surface area contributed by atoms with Crippen LogP contribution in [0.5, 0.6) is 11.5 Å². The number of furan rings is 1. The number of aldehydes is 1. The molecule has 6 nitrogen and oxygen atoms in total. The molecule has 6 heteroatoms. The summed E-state index contributed by atoms with van der Waals surface area (Å²) >= 11 is 0. The number of carbonyl (C=O) groups is 1. The number of benzene rings is 2. The van der Waals surface area contributed by atoms with Gasteiger partial charge in [-0.25, -0.2) is 0 Å².